The van der Waals surface area contributed by atoms with Gasteiger partial charge in [0.2, 0.25) is 5.60 Å². The van der Waals surface area contributed by atoms with Crippen LogP contribution in [0.1, 0.15) is 19.4 Å². The van der Waals surface area contributed by atoms with E-state index in [1.807, 2.05) is 18.2 Å². The summed E-state index contributed by atoms with van der Waals surface area (Å²) in [4.78, 5) is 30.3. The molecule has 138 valence electrons. The lowest BCUT2D eigenvalue weighted by Gasteiger charge is -2.54. The number of ether oxygens (including phenoxy) is 1. The first kappa shape index (κ1) is 19.6. The molecule has 1 fully saturated rings. The number of β-lactam (4-membered cyclic amide) rings is 1. The zero-order chi connectivity index (χ0) is 18.8. The lowest BCUT2D eigenvalue weighted by molar-refractivity contribution is -0.331. The molecule has 0 aromatic heterocycles. The molecule has 0 bridgehead atoms. The van der Waals surface area contributed by atoms with Crippen LogP contribution in [0.5, 0.6) is 0 Å². The van der Waals surface area contributed by atoms with Crippen molar-refractivity contribution in [1.82, 2.24) is 9.79 Å². The quantitative estimate of drug-likeness (QED) is 0.263. The molecule has 1 heterocycles. The van der Waals surface area contributed by atoms with Gasteiger partial charge < -0.3 is 9.30 Å². The van der Waals surface area contributed by atoms with Gasteiger partial charge in [-0.2, -0.15) is 0 Å². The van der Waals surface area contributed by atoms with Crippen molar-refractivity contribution in [2.75, 3.05) is 13.7 Å². The Morgan fingerprint density at radius 3 is 2.44 bits per heavy atom. The summed E-state index contributed by atoms with van der Waals surface area (Å²) in [6.07, 6.45) is 0. The fourth-order valence-electron chi connectivity index (χ4n) is 2.59. The molecule has 1 aliphatic heterocycles. The number of hydrogen-bond acceptors (Lipinski definition) is 5. The fraction of sp³-hybridized carbons (Fsp3) is 0.529. The highest BCUT2D eigenvalue weighted by Crippen LogP contribution is 2.37. The van der Waals surface area contributed by atoms with Gasteiger partial charge in [-0.15, -0.1) is 0 Å². The standard InChI is InChI=1S/C17H26N2O5Si/c1-13(2)25(4,5)18-12-17(23-3,15(18)20)16(21)19(22)24-11-14-9-7-6-8-10-14/h6-10,13,22H,11-12H2,1-5H3. The van der Waals surface area contributed by atoms with E-state index in [4.69, 9.17) is 9.57 Å². The van der Waals surface area contributed by atoms with Gasteiger partial charge >= 0.3 is 5.91 Å². The summed E-state index contributed by atoms with van der Waals surface area (Å²) in [5, 5.41) is 10.1. The topological polar surface area (TPSA) is 79.3 Å². The molecule has 0 radical (unpaired) electrons. The molecule has 7 nitrogen and oxygen atoms in total. The normalized spacial score (nSPS) is 20.6. The predicted molar refractivity (Wildman–Crippen MR) is 93.9 cm³/mol. The van der Waals surface area contributed by atoms with Crippen LogP contribution < -0.4 is 0 Å². The minimum Gasteiger partial charge on any atom is -0.362 e. The number of carbonyl (C=O) groups is 2. The van der Waals surface area contributed by atoms with Crippen LogP contribution in [0.4, 0.5) is 0 Å². The van der Waals surface area contributed by atoms with Crippen LogP contribution >= 0.6 is 0 Å². The molecule has 1 aliphatic rings. The number of nitrogens with zero attached hydrogens (tertiary/aromatic N) is 2. The van der Waals surface area contributed by atoms with E-state index in [1.54, 1.807) is 16.7 Å². The number of amides is 2. The molecular formula is C17H26N2O5Si. The number of carbonyl (C=O) groups excluding carboxylic acids is 2. The number of hydroxylamine groups is 2. The summed E-state index contributed by atoms with van der Waals surface area (Å²) in [7, 11) is -0.713. The number of benzene rings is 1. The molecule has 1 aromatic carbocycles. The third-order valence-electron chi connectivity index (χ3n) is 5.14. The maximum atomic E-state index is 12.7. The molecule has 1 N–H and O–H groups in total. The lowest BCUT2D eigenvalue weighted by Crippen LogP contribution is -2.79. The summed E-state index contributed by atoms with van der Waals surface area (Å²) in [6.45, 7) is 8.41. The monoisotopic (exact) mass is 366 g/mol. The Morgan fingerprint density at radius 2 is 1.96 bits per heavy atom. The highest BCUT2D eigenvalue weighted by molar-refractivity contribution is 6.78. The molecule has 1 aromatic rings. The van der Waals surface area contributed by atoms with Gasteiger partial charge in [0.1, 0.15) is 6.61 Å². The summed E-state index contributed by atoms with van der Waals surface area (Å²) in [5.74, 6) is -1.31. The van der Waals surface area contributed by atoms with Crippen molar-refractivity contribution in [1.29, 1.82) is 0 Å². The van der Waals surface area contributed by atoms with Gasteiger partial charge in [-0.05, 0) is 11.1 Å². The third-order valence-corrected chi connectivity index (χ3v) is 9.72. The Hall–Kier alpha value is -1.74. The SMILES string of the molecule is COC1(C(=O)N(O)OCc2ccccc2)CN([Si](C)(C)C(C)C)C1=O. The highest BCUT2D eigenvalue weighted by atomic mass is 28.3. The van der Waals surface area contributed by atoms with Crippen molar-refractivity contribution in [3.05, 3.63) is 35.9 Å². The molecule has 0 spiro atoms. The summed E-state index contributed by atoms with van der Waals surface area (Å²) in [6, 6.07) is 9.11. The van der Waals surface area contributed by atoms with Gasteiger partial charge in [0.05, 0.1) is 6.54 Å². The molecule has 2 rings (SSSR count). The number of rotatable bonds is 7. The highest BCUT2D eigenvalue weighted by Gasteiger charge is 2.64. The Balaban J connectivity index is 2.05. The van der Waals surface area contributed by atoms with Crippen molar-refractivity contribution in [3.63, 3.8) is 0 Å². The molecule has 1 unspecified atom stereocenters. The van der Waals surface area contributed by atoms with Crippen molar-refractivity contribution in [2.45, 2.75) is 44.7 Å². The van der Waals surface area contributed by atoms with Crippen molar-refractivity contribution >= 4 is 20.0 Å². The average molecular weight is 366 g/mol. The van der Waals surface area contributed by atoms with Gasteiger partial charge in [0, 0.05) is 7.11 Å². The van der Waals surface area contributed by atoms with Gasteiger partial charge in [-0.1, -0.05) is 62.5 Å². The largest absolute Gasteiger partial charge is 0.362 e. The summed E-state index contributed by atoms with van der Waals surface area (Å²) in [5.41, 5.74) is -0.582. The van der Waals surface area contributed by atoms with Gasteiger partial charge in [0.15, 0.2) is 8.24 Å². The molecule has 8 heteroatoms. The van der Waals surface area contributed by atoms with Crippen molar-refractivity contribution in [3.8, 4) is 0 Å². The van der Waals surface area contributed by atoms with Crippen molar-refractivity contribution < 1.29 is 24.4 Å². The maximum Gasteiger partial charge on any atom is 0.316 e. The second-order valence-corrected chi connectivity index (χ2v) is 12.1. The van der Waals surface area contributed by atoms with Crippen LogP contribution in [0, 0.1) is 0 Å². The Morgan fingerprint density at radius 1 is 1.36 bits per heavy atom. The lowest BCUT2D eigenvalue weighted by atomic mass is 9.94. The van der Waals surface area contributed by atoms with Gasteiger partial charge in [0.25, 0.3) is 5.91 Å². The summed E-state index contributed by atoms with van der Waals surface area (Å²) < 4.78 is 6.95. The van der Waals surface area contributed by atoms with Crippen LogP contribution in [0.25, 0.3) is 0 Å². The molecule has 0 saturated carbocycles. The number of hydrogen-bond donors (Lipinski definition) is 1. The first-order valence-corrected chi connectivity index (χ1v) is 11.3. The molecule has 25 heavy (non-hydrogen) atoms. The fourth-order valence-corrected chi connectivity index (χ4v) is 4.54. The van der Waals surface area contributed by atoms with Gasteiger partial charge in [-0.3, -0.25) is 14.8 Å². The first-order chi connectivity index (χ1) is 11.7. The average Bonchev–Trinajstić information content (AvgIpc) is 2.59. The zero-order valence-corrected chi connectivity index (χ0v) is 16.4. The summed E-state index contributed by atoms with van der Waals surface area (Å²) >= 11 is 0. The Kier molecular flexibility index (Phi) is 5.67. The molecule has 1 atom stereocenters. The van der Waals surface area contributed by atoms with E-state index < -0.39 is 25.7 Å². The van der Waals surface area contributed by atoms with E-state index in [-0.39, 0.29) is 18.4 Å². The first-order valence-electron chi connectivity index (χ1n) is 8.24. The Labute approximate surface area is 149 Å². The van der Waals surface area contributed by atoms with E-state index >= 15 is 0 Å². The predicted octanol–water partition coefficient (Wildman–Crippen LogP) is 2.18. The van der Waals surface area contributed by atoms with Gasteiger partial charge in [-0.25, -0.2) is 4.84 Å². The zero-order valence-electron chi connectivity index (χ0n) is 15.4. The van der Waals surface area contributed by atoms with Crippen LogP contribution in [-0.4, -0.2) is 54.3 Å². The maximum absolute atomic E-state index is 12.7. The van der Waals surface area contributed by atoms with E-state index in [0.717, 1.165) is 5.56 Å². The van der Waals surface area contributed by atoms with E-state index in [9.17, 15) is 14.8 Å². The van der Waals surface area contributed by atoms with Crippen LogP contribution in [0.15, 0.2) is 30.3 Å². The van der Waals surface area contributed by atoms with E-state index in [0.29, 0.717) is 5.54 Å². The van der Waals surface area contributed by atoms with Crippen LogP contribution in [0.2, 0.25) is 18.6 Å². The minimum atomic E-state index is -2.01. The van der Waals surface area contributed by atoms with Crippen LogP contribution in [-0.2, 0) is 25.8 Å². The Bertz CT molecular complexity index is 637. The van der Waals surface area contributed by atoms with E-state index in [2.05, 4.69) is 26.9 Å². The smallest absolute Gasteiger partial charge is 0.316 e. The van der Waals surface area contributed by atoms with Crippen LogP contribution in [0.3, 0.4) is 0 Å². The third kappa shape index (κ3) is 3.48. The second-order valence-electron chi connectivity index (χ2n) is 7.07. The second kappa shape index (κ2) is 7.25. The van der Waals surface area contributed by atoms with E-state index in [1.165, 1.54) is 7.11 Å². The number of methoxy groups -OCH3 is 1. The molecular weight excluding hydrogens is 340 g/mol. The molecule has 2 amide bonds. The van der Waals surface area contributed by atoms with Crippen molar-refractivity contribution in [2.24, 2.45) is 0 Å². The molecule has 1 saturated heterocycles. The minimum absolute atomic E-state index is 0.00696. The molecule has 0 aliphatic carbocycles.